The van der Waals surface area contributed by atoms with E-state index in [0.29, 0.717) is 13.1 Å². The zero-order chi connectivity index (χ0) is 15.9. The van der Waals surface area contributed by atoms with Crippen LogP contribution in [0, 0.1) is 0 Å². The molecule has 0 aliphatic heterocycles. The molecule has 2 N–H and O–H groups in total. The van der Waals surface area contributed by atoms with E-state index in [9.17, 15) is 8.42 Å². The molecule has 0 fully saturated rings. The van der Waals surface area contributed by atoms with Gasteiger partial charge in [-0.25, -0.2) is 18.4 Å². The number of nitrogens with zero attached hydrogens (tertiary/aromatic N) is 4. The SMILES string of the molecule is CCN(CC)CCCN(CC)S(=O)(=O)c1cnc(N)nc1. The Balaban J connectivity index is 2.72. The van der Waals surface area contributed by atoms with Crippen LogP contribution in [-0.2, 0) is 10.0 Å². The van der Waals surface area contributed by atoms with Crippen LogP contribution in [0.2, 0.25) is 0 Å². The minimum Gasteiger partial charge on any atom is -0.368 e. The molecule has 120 valence electrons. The Hall–Kier alpha value is -1.25. The maximum absolute atomic E-state index is 12.5. The lowest BCUT2D eigenvalue weighted by molar-refractivity contribution is 0.285. The molecule has 8 heteroatoms. The highest BCUT2D eigenvalue weighted by atomic mass is 32.2. The largest absolute Gasteiger partial charge is 0.368 e. The second-order valence-electron chi connectivity index (χ2n) is 4.65. The average Bonchev–Trinajstić information content (AvgIpc) is 2.48. The molecule has 0 saturated carbocycles. The molecular formula is C13H25N5O2S. The van der Waals surface area contributed by atoms with Crippen molar-refractivity contribution in [2.24, 2.45) is 0 Å². The number of anilines is 1. The van der Waals surface area contributed by atoms with E-state index in [4.69, 9.17) is 5.73 Å². The second-order valence-corrected chi connectivity index (χ2v) is 6.59. The van der Waals surface area contributed by atoms with Crippen LogP contribution in [0.25, 0.3) is 0 Å². The summed E-state index contributed by atoms with van der Waals surface area (Å²) in [6.07, 6.45) is 3.31. The van der Waals surface area contributed by atoms with Gasteiger partial charge in [-0.2, -0.15) is 4.31 Å². The van der Waals surface area contributed by atoms with Crippen LogP contribution in [0.3, 0.4) is 0 Å². The third-order valence-electron chi connectivity index (χ3n) is 3.41. The highest BCUT2D eigenvalue weighted by Crippen LogP contribution is 2.14. The standard InChI is InChI=1S/C13H25N5O2S/c1-4-17(5-2)8-7-9-18(6-3)21(19,20)12-10-15-13(14)16-11-12/h10-11H,4-9H2,1-3H3,(H2,14,15,16). The van der Waals surface area contributed by atoms with Crippen molar-refractivity contribution >= 4 is 16.0 Å². The Morgan fingerprint density at radius 1 is 1.05 bits per heavy atom. The van der Waals surface area contributed by atoms with Gasteiger partial charge in [-0.3, -0.25) is 0 Å². The number of sulfonamides is 1. The van der Waals surface area contributed by atoms with Gasteiger partial charge < -0.3 is 10.6 Å². The number of aromatic nitrogens is 2. The Bertz CT molecular complexity index is 514. The van der Waals surface area contributed by atoms with Gasteiger partial charge in [0.15, 0.2) is 0 Å². The molecule has 0 aliphatic rings. The maximum Gasteiger partial charge on any atom is 0.246 e. The number of hydrogen-bond donors (Lipinski definition) is 1. The molecule has 0 amide bonds. The van der Waals surface area contributed by atoms with Crippen molar-refractivity contribution in [2.75, 3.05) is 38.5 Å². The van der Waals surface area contributed by atoms with E-state index in [1.165, 1.54) is 16.7 Å². The fourth-order valence-electron chi connectivity index (χ4n) is 2.07. The van der Waals surface area contributed by atoms with Crippen molar-refractivity contribution in [3.05, 3.63) is 12.4 Å². The minimum atomic E-state index is -3.55. The van der Waals surface area contributed by atoms with Gasteiger partial charge in [0.25, 0.3) is 0 Å². The molecule has 0 radical (unpaired) electrons. The summed E-state index contributed by atoms with van der Waals surface area (Å²) in [6.45, 7) is 9.77. The molecular weight excluding hydrogens is 290 g/mol. The van der Waals surface area contributed by atoms with Gasteiger partial charge in [-0.05, 0) is 26.1 Å². The summed E-state index contributed by atoms with van der Waals surface area (Å²) in [4.78, 5) is 9.85. The summed E-state index contributed by atoms with van der Waals surface area (Å²) in [6, 6.07) is 0. The van der Waals surface area contributed by atoms with Crippen LogP contribution in [0.5, 0.6) is 0 Å². The van der Waals surface area contributed by atoms with E-state index in [-0.39, 0.29) is 10.8 Å². The van der Waals surface area contributed by atoms with E-state index in [1.807, 2.05) is 6.92 Å². The van der Waals surface area contributed by atoms with Gasteiger partial charge in [0, 0.05) is 13.1 Å². The molecule has 0 bridgehead atoms. The second kappa shape index (κ2) is 8.26. The van der Waals surface area contributed by atoms with Crippen LogP contribution in [0.1, 0.15) is 27.2 Å². The first-order valence-corrected chi connectivity index (χ1v) is 8.69. The minimum absolute atomic E-state index is 0.0681. The monoisotopic (exact) mass is 315 g/mol. The van der Waals surface area contributed by atoms with Crippen molar-refractivity contribution in [3.63, 3.8) is 0 Å². The molecule has 0 spiro atoms. The zero-order valence-electron chi connectivity index (χ0n) is 13.0. The molecule has 0 saturated heterocycles. The molecule has 0 aromatic carbocycles. The Labute approximate surface area is 127 Å². The van der Waals surface area contributed by atoms with E-state index in [0.717, 1.165) is 26.1 Å². The molecule has 0 atom stereocenters. The van der Waals surface area contributed by atoms with Crippen LogP contribution in [0.4, 0.5) is 5.95 Å². The molecule has 1 aromatic rings. The number of hydrogen-bond acceptors (Lipinski definition) is 6. The quantitative estimate of drug-likeness (QED) is 0.724. The summed E-state index contributed by atoms with van der Waals surface area (Å²) in [5.74, 6) is 0.0681. The Morgan fingerprint density at radius 2 is 1.62 bits per heavy atom. The van der Waals surface area contributed by atoms with E-state index in [2.05, 4.69) is 28.7 Å². The zero-order valence-corrected chi connectivity index (χ0v) is 13.8. The van der Waals surface area contributed by atoms with Crippen molar-refractivity contribution in [1.29, 1.82) is 0 Å². The molecule has 1 heterocycles. The van der Waals surface area contributed by atoms with Crippen LogP contribution < -0.4 is 5.73 Å². The van der Waals surface area contributed by atoms with Gasteiger partial charge in [-0.1, -0.05) is 20.8 Å². The summed E-state index contributed by atoms with van der Waals surface area (Å²) in [5.41, 5.74) is 5.39. The van der Waals surface area contributed by atoms with Crippen LogP contribution in [-0.4, -0.2) is 60.3 Å². The maximum atomic E-state index is 12.5. The van der Waals surface area contributed by atoms with Crippen molar-refractivity contribution in [1.82, 2.24) is 19.2 Å². The average molecular weight is 315 g/mol. The Morgan fingerprint density at radius 3 is 2.10 bits per heavy atom. The first kappa shape index (κ1) is 17.8. The van der Waals surface area contributed by atoms with Gasteiger partial charge in [0.1, 0.15) is 4.90 Å². The molecule has 7 nitrogen and oxygen atoms in total. The highest BCUT2D eigenvalue weighted by molar-refractivity contribution is 7.89. The predicted octanol–water partition coefficient (Wildman–Crippen LogP) is 0.801. The van der Waals surface area contributed by atoms with Crippen LogP contribution in [0.15, 0.2) is 17.3 Å². The summed E-state index contributed by atoms with van der Waals surface area (Å²) in [7, 11) is -3.55. The van der Waals surface area contributed by atoms with E-state index >= 15 is 0 Å². The van der Waals surface area contributed by atoms with Gasteiger partial charge in [0.05, 0.1) is 12.4 Å². The smallest absolute Gasteiger partial charge is 0.246 e. The van der Waals surface area contributed by atoms with Gasteiger partial charge >= 0.3 is 0 Å². The first-order chi connectivity index (χ1) is 9.95. The molecule has 21 heavy (non-hydrogen) atoms. The van der Waals surface area contributed by atoms with E-state index in [1.54, 1.807) is 0 Å². The third kappa shape index (κ3) is 4.90. The normalized spacial score (nSPS) is 12.2. The predicted molar refractivity (Wildman–Crippen MR) is 83.3 cm³/mol. The number of nitrogen functional groups attached to an aromatic ring is 1. The van der Waals surface area contributed by atoms with Gasteiger partial charge in [0.2, 0.25) is 16.0 Å². The molecule has 1 rings (SSSR count). The summed E-state index contributed by atoms with van der Waals surface area (Å²) < 4.78 is 26.4. The summed E-state index contributed by atoms with van der Waals surface area (Å²) in [5, 5.41) is 0. The number of nitrogens with two attached hydrogens (primary N) is 1. The van der Waals surface area contributed by atoms with Gasteiger partial charge in [-0.15, -0.1) is 0 Å². The van der Waals surface area contributed by atoms with Crippen molar-refractivity contribution in [3.8, 4) is 0 Å². The fraction of sp³-hybridized carbons (Fsp3) is 0.692. The first-order valence-electron chi connectivity index (χ1n) is 7.25. The molecule has 0 unspecified atom stereocenters. The van der Waals surface area contributed by atoms with Crippen molar-refractivity contribution in [2.45, 2.75) is 32.1 Å². The number of rotatable bonds is 9. The third-order valence-corrected chi connectivity index (χ3v) is 5.34. The summed E-state index contributed by atoms with van der Waals surface area (Å²) >= 11 is 0. The molecule has 0 aliphatic carbocycles. The fourth-order valence-corrected chi connectivity index (χ4v) is 3.45. The topological polar surface area (TPSA) is 92.4 Å². The molecule has 1 aromatic heterocycles. The van der Waals surface area contributed by atoms with Crippen molar-refractivity contribution < 1.29 is 8.42 Å². The van der Waals surface area contributed by atoms with E-state index < -0.39 is 10.0 Å². The lowest BCUT2D eigenvalue weighted by atomic mass is 10.3. The lowest BCUT2D eigenvalue weighted by Gasteiger charge is -2.23. The highest BCUT2D eigenvalue weighted by Gasteiger charge is 2.23. The lowest BCUT2D eigenvalue weighted by Crippen LogP contribution is -2.34. The van der Waals surface area contributed by atoms with Crippen LogP contribution >= 0.6 is 0 Å². The Kier molecular flexibility index (Phi) is 7.00.